The van der Waals surface area contributed by atoms with Crippen LogP contribution in [-0.2, 0) is 7.05 Å². The van der Waals surface area contributed by atoms with Crippen LogP contribution in [-0.4, -0.2) is 70.8 Å². The van der Waals surface area contributed by atoms with E-state index in [1.807, 2.05) is 18.9 Å². The molecule has 2 aromatic heterocycles. The molecule has 0 saturated carbocycles. The van der Waals surface area contributed by atoms with Gasteiger partial charge >= 0.3 is 0 Å². The molecule has 0 spiro atoms. The zero-order valence-electron chi connectivity index (χ0n) is 18.5. The van der Waals surface area contributed by atoms with Gasteiger partial charge in [-0.1, -0.05) is 6.07 Å². The summed E-state index contributed by atoms with van der Waals surface area (Å²) >= 11 is 0. The first-order valence-electron chi connectivity index (χ1n) is 10.6. The minimum absolute atomic E-state index is 0.0162. The van der Waals surface area contributed by atoms with Crippen LogP contribution in [0, 0.1) is 0 Å². The molecule has 2 fully saturated rings. The Morgan fingerprint density at radius 2 is 2.00 bits per heavy atom. The van der Waals surface area contributed by atoms with Crippen LogP contribution in [0.2, 0.25) is 0 Å². The maximum atomic E-state index is 15.4. The summed E-state index contributed by atoms with van der Waals surface area (Å²) in [6, 6.07) is 4.67. The Labute approximate surface area is 184 Å². The highest BCUT2D eigenvalue weighted by molar-refractivity contribution is 5.69. The van der Waals surface area contributed by atoms with Crippen molar-refractivity contribution in [1.29, 1.82) is 0 Å². The lowest BCUT2D eigenvalue weighted by Crippen LogP contribution is -2.65. The van der Waals surface area contributed by atoms with Crippen LogP contribution < -0.4 is 10.2 Å². The summed E-state index contributed by atoms with van der Waals surface area (Å²) in [4.78, 5) is 7.56. The fourth-order valence-corrected chi connectivity index (χ4v) is 5.02. The second-order valence-corrected chi connectivity index (χ2v) is 9.36. The average Bonchev–Trinajstić information content (AvgIpc) is 3.32. The van der Waals surface area contributed by atoms with Crippen LogP contribution >= 0.6 is 0 Å². The van der Waals surface area contributed by atoms with Gasteiger partial charge in [-0.3, -0.25) is 0 Å². The maximum Gasteiger partial charge on any atom is 0.205 e. The van der Waals surface area contributed by atoms with Gasteiger partial charge in [-0.05, 0) is 50.5 Å². The van der Waals surface area contributed by atoms with Crippen LogP contribution in [0.1, 0.15) is 33.1 Å². The fraction of sp³-hybridized carbons (Fsp3) is 0.524. The highest BCUT2D eigenvalue weighted by Gasteiger charge is 2.56. The number of phenols is 1. The maximum absolute atomic E-state index is 15.4. The molecule has 10 nitrogen and oxygen atoms in total. The molecule has 2 aliphatic rings. The minimum Gasteiger partial charge on any atom is -0.507 e. The summed E-state index contributed by atoms with van der Waals surface area (Å²) in [5.74, 6) is 1.16. The van der Waals surface area contributed by atoms with Crippen molar-refractivity contribution < 1.29 is 9.50 Å². The van der Waals surface area contributed by atoms with Crippen molar-refractivity contribution in [3.8, 4) is 28.5 Å². The number of rotatable bonds is 4. The number of fused-ring (bicyclic) bond motifs is 2. The molecule has 0 amide bonds. The number of alkyl halides is 1. The Morgan fingerprint density at radius 3 is 2.66 bits per heavy atom. The first-order valence-corrected chi connectivity index (χ1v) is 10.6. The summed E-state index contributed by atoms with van der Waals surface area (Å²) < 4.78 is 15.4. The number of benzene rings is 1. The van der Waals surface area contributed by atoms with E-state index in [-0.39, 0.29) is 23.2 Å². The van der Waals surface area contributed by atoms with Gasteiger partial charge in [0.05, 0.1) is 24.8 Å². The van der Waals surface area contributed by atoms with Gasteiger partial charge in [-0.25, -0.2) is 9.37 Å². The molecule has 1 aromatic carbocycles. The van der Waals surface area contributed by atoms with Gasteiger partial charge in [0.2, 0.25) is 5.82 Å². The van der Waals surface area contributed by atoms with Gasteiger partial charge in [0.1, 0.15) is 11.9 Å². The van der Waals surface area contributed by atoms with E-state index in [9.17, 15) is 5.11 Å². The Balaban J connectivity index is 1.37. The molecule has 4 atom stereocenters. The van der Waals surface area contributed by atoms with Gasteiger partial charge in [0, 0.05) is 23.7 Å². The van der Waals surface area contributed by atoms with Crippen molar-refractivity contribution in [1.82, 2.24) is 40.7 Å². The number of phenolic OH excluding ortho intramolecular Hbond substituents is 1. The number of tetrazole rings is 1. The highest BCUT2D eigenvalue weighted by atomic mass is 19.1. The lowest BCUT2D eigenvalue weighted by molar-refractivity contribution is 0.0859. The zero-order valence-corrected chi connectivity index (χ0v) is 18.5. The molecule has 2 saturated heterocycles. The molecule has 11 heteroatoms. The first-order chi connectivity index (χ1) is 15.2. The van der Waals surface area contributed by atoms with E-state index in [4.69, 9.17) is 0 Å². The van der Waals surface area contributed by atoms with E-state index in [0.717, 1.165) is 12.8 Å². The molecule has 0 unspecified atom stereocenters. The van der Waals surface area contributed by atoms with E-state index >= 15 is 4.39 Å². The second-order valence-electron chi connectivity index (χ2n) is 9.36. The number of hydrogen-bond donors (Lipinski definition) is 2. The molecular weight excluding hydrogens is 413 g/mol. The molecule has 0 aliphatic carbocycles. The van der Waals surface area contributed by atoms with E-state index in [2.05, 4.69) is 42.8 Å². The zero-order chi connectivity index (χ0) is 22.7. The van der Waals surface area contributed by atoms with E-state index in [1.54, 1.807) is 25.4 Å². The van der Waals surface area contributed by atoms with Crippen LogP contribution in [0.3, 0.4) is 0 Å². The van der Waals surface area contributed by atoms with Gasteiger partial charge < -0.3 is 15.3 Å². The van der Waals surface area contributed by atoms with Crippen molar-refractivity contribution in [3.05, 3.63) is 24.4 Å². The SMILES string of the molecule is CN(c1cnc(-c2ccc(-c3nnn(C)n3)cc2O)nn1)[C@@H]1C[C@@]2(C)CC[C@](C)(N2)[C@@H]1F. The molecule has 2 bridgehead atoms. The number of aryl methyl sites for hydroxylation is 1. The van der Waals surface area contributed by atoms with Crippen molar-refractivity contribution in [3.63, 3.8) is 0 Å². The first kappa shape index (κ1) is 20.7. The van der Waals surface area contributed by atoms with Gasteiger partial charge in [0.15, 0.2) is 11.6 Å². The number of hydrogen-bond acceptors (Lipinski definition) is 9. The molecule has 3 aromatic rings. The van der Waals surface area contributed by atoms with Gasteiger partial charge in [-0.15, -0.1) is 20.4 Å². The number of nitrogens with one attached hydrogen (secondary N) is 1. The predicted octanol–water partition coefficient (Wildman–Crippen LogP) is 1.88. The number of anilines is 1. The number of aromatic hydroxyl groups is 1. The number of aromatic nitrogens is 7. The van der Waals surface area contributed by atoms with Crippen LogP contribution in [0.5, 0.6) is 5.75 Å². The molecule has 168 valence electrons. The summed E-state index contributed by atoms with van der Waals surface area (Å²) in [7, 11) is 3.50. The Kier molecular flexibility index (Phi) is 4.63. The fourth-order valence-electron chi connectivity index (χ4n) is 5.02. The average molecular weight is 439 g/mol. The number of nitrogens with zero attached hydrogens (tertiary/aromatic N) is 8. The molecule has 32 heavy (non-hydrogen) atoms. The second kappa shape index (κ2) is 7.16. The molecule has 4 heterocycles. The molecule has 2 N–H and O–H groups in total. The topological polar surface area (TPSA) is 118 Å². The van der Waals surface area contributed by atoms with Crippen molar-refractivity contribution in [2.45, 2.75) is 56.4 Å². The molecule has 0 radical (unpaired) electrons. The Bertz CT molecular complexity index is 1150. The monoisotopic (exact) mass is 439 g/mol. The lowest BCUT2D eigenvalue weighted by Gasteiger charge is -2.47. The summed E-state index contributed by atoms with van der Waals surface area (Å²) in [5, 5.41) is 34.3. The standard InChI is InChI=1S/C21H26FN9O/c1-20-7-8-21(2,28-20)17(22)14(10-20)30(3)16-11-23-19(25-24-16)13-6-5-12(9-15(13)32)18-26-29-31(4)27-18/h5-6,9,11,14,17,28,32H,7-8,10H2,1-4H3/t14-,17-,20-,21+/m1/s1. The lowest BCUT2D eigenvalue weighted by atomic mass is 9.82. The van der Waals surface area contributed by atoms with E-state index < -0.39 is 11.7 Å². The molecular formula is C21H26FN9O. The van der Waals surface area contributed by atoms with Crippen LogP contribution in [0.25, 0.3) is 22.8 Å². The number of halogens is 1. The normalized spacial score (nSPS) is 29.3. The largest absolute Gasteiger partial charge is 0.507 e. The molecule has 5 rings (SSSR count). The Morgan fingerprint density at radius 1 is 1.19 bits per heavy atom. The van der Waals surface area contributed by atoms with E-state index in [0.29, 0.717) is 29.2 Å². The van der Waals surface area contributed by atoms with E-state index in [1.165, 1.54) is 10.9 Å². The highest BCUT2D eigenvalue weighted by Crippen LogP contribution is 2.45. The van der Waals surface area contributed by atoms with Crippen molar-refractivity contribution in [2.75, 3.05) is 11.9 Å². The minimum atomic E-state index is -1.03. The number of piperidine rings is 1. The predicted molar refractivity (Wildman–Crippen MR) is 116 cm³/mol. The Hall–Kier alpha value is -3.21. The summed E-state index contributed by atoms with van der Waals surface area (Å²) in [6.45, 7) is 4.11. The van der Waals surface area contributed by atoms with Crippen LogP contribution in [0.4, 0.5) is 10.2 Å². The summed E-state index contributed by atoms with van der Waals surface area (Å²) in [6.07, 6.45) is 2.99. The smallest absolute Gasteiger partial charge is 0.205 e. The van der Waals surface area contributed by atoms with Crippen LogP contribution in [0.15, 0.2) is 24.4 Å². The van der Waals surface area contributed by atoms with Gasteiger partial charge in [-0.2, -0.15) is 4.80 Å². The summed E-state index contributed by atoms with van der Waals surface area (Å²) in [5.41, 5.74) is 0.448. The third kappa shape index (κ3) is 3.36. The third-order valence-electron chi connectivity index (χ3n) is 6.80. The van der Waals surface area contributed by atoms with Gasteiger partial charge in [0.25, 0.3) is 0 Å². The third-order valence-corrected chi connectivity index (χ3v) is 6.80. The van der Waals surface area contributed by atoms with Crippen molar-refractivity contribution >= 4 is 5.82 Å². The molecule has 2 aliphatic heterocycles. The quantitative estimate of drug-likeness (QED) is 0.628. The van der Waals surface area contributed by atoms with Crippen molar-refractivity contribution in [2.24, 2.45) is 7.05 Å².